The number of nitrogen functional groups attached to an aromatic ring is 2. The minimum absolute atomic E-state index is 0.0164. The number of hydrogen-bond donors (Lipinski definition) is 2. The average Bonchev–Trinajstić information content (AvgIpc) is 2.93. The molecule has 1 aliphatic heterocycles. The van der Waals surface area contributed by atoms with Crippen LogP contribution in [-0.4, -0.2) is 31.9 Å². The molecule has 0 unspecified atom stereocenters. The lowest BCUT2D eigenvalue weighted by Gasteiger charge is -2.12. The molecule has 1 fully saturated rings. The highest BCUT2D eigenvalue weighted by molar-refractivity contribution is 5.60. The van der Waals surface area contributed by atoms with Crippen molar-refractivity contribution in [2.45, 2.75) is 38.6 Å². The molecule has 1 aliphatic rings. The number of fused-ring (bicyclic) bond motifs is 1. The van der Waals surface area contributed by atoms with Gasteiger partial charge in [-0.05, 0) is 6.42 Å². The van der Waals surface area contributed by atoms with Crippen LogP contribution < -0.4 is 11.5 Å². The maximum atomic E-state index is 14.4. The Labute approximate surface area is 115 Å². The highest BCUT2D eigenvalue weighted by Crippen LogP contribution is 2.40. The Morgan fingerprint density at radius 1 is 1.45 bits per heavy atom. The van der Waals surface area contributed by atoms with Crippen molar-refractivity contribution in [3.05, 3.63) is 11.9 Å². The van der Waals surface area contributed by atoms with Gasteiger partial charge in [0.2, 0.25) is 5.95 Å². The number of rotatable bonds is 2. The Morgan fingerprint density at radius 3 is 2.85 bits per heavy atom. The molecule has 8 heteroatoms. The second-order valence-electron chi connectivity index (χ2n) is 5.08. The van der Waals surface area contributed by atoms with E-state index in [0.29, 0.717) is 11.3 Å². The van der Waals surface area contributed by atoms with Crippen LogP contribution in [0.3, 0.4) is 0 Å². The lowest BCUT2D eigenvalue weighted by molar-refractivity contribution is 0.0197. The molecule has 2 aromatic heterocycles. The molecule has 0 bridgehead atoms. The standard InChI is InChI=1S/C12H17FN6O/c1-3-7-5(2)8(13)9(20-7)6-4-16-11-10(14)17-12(15)18-19(6)11/h4-5,7-9H,3H2,1-2H3,(H4,14,15,17,18)/t5-,7-,8-,9+/m1/s1. The number of hydrogen-bond acceptors (Lipinski definition) is 6. The van der Waals surface area contributed by atoms with Crippen LogP contribution in [0.15, 0.2) is 6.20 Å². The SMILES string of the molecule is CC[C@H]1O[C@@H](c2cnc3c(N)nc(N)nn23)[C@H](F)[C@@H]1C. The van der Waals surface area contributed by atoms with E-state index in [-0.39, 0.29) is 23.8 Å². The third-order valence-electron chi connectivity index (χ3n) is 3.82. The van der Waals surface area contributed by atoms with Crippen molar-refractivity contribution >= 4 is 17.4 Å². The Balaban J connectivity index is 2.07. The second-order valence-corrected chi connectivity index (χ2v) is 5.08. The van der Waals surface area contributed by atoms with E-state index in [0.717, 1.165) is 6.42 Å². The molecule has 4 atom stereocenters. The average molecular weight is 280 g/mol. The highest BCUT2D eigenvalue weighted by Gasteiger charge is 2.43. The molecule has 0 aliphatic carbocycles. The van der Waals surface area contributed by atoms with Crippen LogP contribution in [-0.2, 0) is 4.74 Å². The number of alkyl halides is 1. The fraction of sp³-hybridized carbons (Fsp3) is 0.583. The van der Waals surface area contributed by atoms with Gasteiger partial charge >= 0.3 is 0 Å². The summed E-state index contributed by atoms with van der Waals surface area (Å²) in [5.41, 5.74) is 12.2. The van der Waals surface area contributed by atoms with Crippen molar-refractivity contribution in [3.63, 3.8) is 0 Å². The fourth-order valence-electron chi connectivity index (χ4n) is 2.70. The van der Waals surface area contributed by atoms with E-state index in [9.17, 15) is 4.39 Å². The van der Waals surface area contributed by atoms with Gasteiger partial charge in [0, 0.05) is 5.92 Å². The number of nitrogens with two attached hydrogens (primary N) is 2. The van der Waals surface area contributed by atoms with Crippen molar-refractivity contribution < 1.29 is 9.13 Å². The molecule has 2 aromatic rings. The molecule has 1 saturated heterocycles. The lowest BCUT2D eigenvalue weighted by atomic mass is 9.97. The first-order valence-corrected chi connectivity index (χ1v) is 6.59. The predicted molar refractivity (Wildman–Crippen MR) is 71.6 cm³/mol. The van der Waals surface area contributed by atoms with E-state index in [4.69, 9.17) is 16.2 Å². The van der Waals surface area contributed by atoms with E-state index >= 15 is 0 Å². The van der Waals surface area contributed by atoms with Crippen molar-refractivity contribution in [1.82, 2.24) is 19.6 Å². The molecule has 0 saturated carbocycles. The first-order valence-electron chi connectivity index (χ1n) is 6.59. The van der Waals surface area contributed by atoms with E-state index < -0.39 is 12.3 Å². The van der Waals surface area contributed by atoms with E-state index in [2.05, 4.69) is 15.1 Å². The van der Waals surface area contributed by atoms with Gasteiger partial charge in [0.05, 0.1) is 18.0 Å². The number of anilines is 2. The van der Waals surface area contributed by atoms with Crippen LogP contribution in [0.5, 0.6) is 0 Å². The van der Waals surface area contributed by atoms with E-state index in [1.165, 1.54) is 10.7 Å². The van der Waals surface area contributed by atoms with Gasteiger partial charge < -0.3 is 16.2 Å². The fourth-order valence-corrected chi connectivity index (χ4v) is 2.70. The minimum atomic E-state index is -1.11. The van der Waals surface area contributed by atoms with Gasteiger partial charge in [0.15, 0.2) is 11.5 Å². The number of nitrogens with zero attached hydrogens (tertiary/aromatic N) is 4. The zero-order valence-electron chi connectivity index (χ0n) is 11.3. The Morgan fingerprint density at radius 2 is 2.20 bits per heavy atom. The summed E-state index contributed by atoms with van der Waals surface area (Å²) in [4.78, 5) is 7.96. The van der Waals surface area contributed by atoms with Crippen LogP contribution in [0.1, 0.15) is 32.1 Å². The largest absolute Gasteiger partial charge is 0.380 e. The smallest absolute Gasteiger partial charge is 0.240 e. The van der Waals surface area contributed by atoms with Crippen LogP contribution in [0, 0.1) is 5.92 Å². The van der Waals surface area contributed by atoms with Gasteiger partial charge in [-0.15, -0.1) is 5.10 Å². The molecular weight excluding hydrogens is 263 g/mol. The third kappa shape index (κ3) is 1.79. The predicted octanol–water partition coefficient (Wildman–Crippen LogP) is 1.11. The molecule has 4 N–H and O–H groups in total. The van der Waals surface area contributed by atoms with E-state index in [1.54, 1.807) is 0 Å². The van der Waals surface area contributed by atoms with Gasteiger partial charge in [-0.3, -0.25) is 0 Å². The number of ether oxygens (including phenoxy) is 1. The van der Waals surface area contributed by atoms with Crippen molar-refractivity contribution in [1.29, 1.82) is 0 Å². The van der Waals surface area contributed by atoms with Crippen molar-refractivity contribution in [2.24, 2.45) is 5.92 Å². The Bertz CT molecular complexity index is 644. The minimum Gasteiger partial charge on any atom is -0.380 e. The van der Waals surface area contributed by atoms with Crippen LogP contribution in [0.25, 0.3) is 5.65 Å². The van der Waals surface area contributed by atoms with Crippen LogP contribution in [0.4, 0.5) is 16.2 Å². The van der Waals surface area contributed by atoms with Gasteiger partial charge in [-0.25, -0.2) is 13.9 Å². The monoisotopic (exact) mass is 280 g/mol. The number of imidazole rings is 1. The Hall–Kier alpha value is -1.96. The maximum Gasteiger partial charge on any atom is 0.240 e. The van der Waals surface area contributed by atoms with Gasteiger partial charge in [0.25, 0.3) is 0 Å². The van der Waals surface area contributed by atoms with Crippen molar-refractivity contribution in [2.75, 3.05) is 11.5 Å². The first kappa shape index (κ1) is 13.0. The molecule has 3 heterocycles. The van der Waals surface area contributed by atoms with Crippen LogP contribution >= 0.6 is 0 Å². The number of aromatic nitrogens is 4. The number of halogens is 1. The first-order chi connectivity index (χ1) is 9.52. The van der Waals surface area contributed by atoms with Gasteiger partial charge in [-0.2, -0.15) is 4.98 Å². The zero-order chi connectivity index (χ0) is 14.4. The molecule has 0 radical (unpaired) electrons. The summed E-state index contributed by atoms with van der Waals surface area (Å²) in [5, 5.41) is 4.05. The quantitative estimate of drug-likeness (QED) is 0.854. The van der Waals surface area contributed by atoms with Gasteiger partial charge in [0.1, 0.15) is 12.3 Å². The molecular formula is C12H17FN6O. The summed E-state index contributed by atoms with van der Waals surface area (Å²) < 4.78 is 21.6. The Kier molecular flexibility index (Phi) is 2.97. The summed E-state index contributed by atoms with van der Waals surface area (Å²) in [7, 11) is 0. The molecule has 0 aromatic carbocycles. The molecule has 3 rings (SSSR count). The second kappa shape index (κ2) is 4.55. The van der Waals surface area contributed by atoms with E-state index in [1.807, 2.05) is 13.8 Å². The summed E-state index contributed by atoms with van der Waals surface area (Å²) in [6.07, 6.45) is 0.337. The summed E-state index contributed by atoms with van der Waals surface area (Å²) in [6, 6.07) is 0. The summed E-state index contributed by atoms with van der Waals surface area (Å²) >= 11 is 0. The molecule has 0 spiro atoms. The lowest BCUT2D eigenvalue weighted by Crippen LogP contribution is -2.18. The molecule has 108 valence electrons. The maximum absolute atomic E-state index is 14.4. The molecule has 0 amide bonds. The summed E-state index contributed by atoms with van der Waals surface area (Å²) in [6.45, 7) is 3.82. The topological polar surface area (TPSA) is 104 Å². The zero-order valence-corrected chi connectivity index (χ0v) is 11.3. The highest BCUT2D eigenvalue weighted by atomic mass is 19.1. The third-order valence-corrected chi connectivity index (χ3v) is 3.82. The molecule has 20 heavy (non-hydrogen) atoms. The van der Waals surface area contributed by atoms with Gasteiger partial charge in [-0.1, -0.05) is 13.8 Å². The summed E-state index contributed by atoms with van der Waals surface area (Å²) in [5.74, 6) is 0.00655. The molecule has 7 nitrogen and oxygen atoms in total. The van der Waals surface area contributed by atoms with Crippen LogP contribution in [0.2, 0.25) is 0 Å². The normalized spacial score (nSPS) is 30.1. The van der Waals surface area contributed by atoms with Crippen molar-refractivity contribution in [3.8, 4) is 0 Å².